The highest BCUT2D eigenvalue weighted by Gasteiger charge is 2.16. The Kier molecular flexibility index (Phi) is 3.80. The number of fused-ring (bicyclic) bond motifs is 2. The largest absolute Gasteiger partial charge is 0.454 e. The number of hydrogen-bond donors (Lipinski definition) is 0. The predicted octanol–water partition coefficient (Wildman–Crippen LogP) is 4.34. The lowest BCUT2D eigenvalue weighted by atomic mass is 10.2. The Labute approximate surface area is 140 Å². The van der Waals surface area contributed by atoms with E-state index in [1.165, 1.54) is 11.1 Å². The normalized spacial score (nSPS) is 14.4. The highest BCUT2D eigenvalue weighted by atomic mass is 79.9. The standard InChI is InChI=1S/C16H13BrO4S/c17-12-5-16-15(20-9-21-16)4-11(12)7-22-6-10-1-2-13-14(3-10)19-8-18-13/h1-5H,6-9H2. The van der Waals surface area contributed by atoms with Crippen LogP contribution < -0.4 is 18.9 Å². The smallest absolute Gasteiger partial charge is 0.231 e. The summed E-state index contributed by atoms with van der Waals surface area (Å²) >= 11 is 5.43. The van der Waals surface area contributed by atoms with Crippen molar-refractivity contribution in [2.24, 2.45) is 0 Å². The maximum atomic E-state index is 5.43. The minimum Gasteiger partial charge on any atom is -0.454 e. The molecule has 0 amide bonds. The van der Waals surface area contributed by atoms with E-state index in [4.69, 9.17) is 18.9 Å². The van der Waals surface area contributed by atoms with Crippen LogP contribution in [0.25, 0.3) is 0 Å². The van der Waals surface area contributed by atoms with Gasteiger partial charge in [0, 0.05) is 16.0 Å². The number of benzene rings is 2. The van der Waals surface area contributed by atoms with E-state index in [1.54, 1.807) is 0 Å². The van der Waals surface area contributed by atoms with Crippen molar-refractivity contribution in [3.05, 3.63) is 45.9 Å². The summed E-state index contributed by atoms with van der Waals surface area (Å²) < 4.78 is 22.6. The van der Waals surface area contributed by atoms with Gasteiger partial charge in [-0.2, -0.15) is 11.8 Å². The molecule has 0 atom stereocenters. The first-order chi connectivity index (χ1) is 10.8. The molecule has 0 unspecified atom stereocenters. The molecule has 2 aromatic rings. The third kappa shape index (κ3) is 2.73. The van der Waals surface area contributed by atoms with Gasteiger partial charge >= 0.3 is 0 Å². The van der Waals surface area contributed by atoms with Crippen LogP contribution in [-0.4, -0.2) is 13.6 Å². The second-order valence-electron chi connectivity index (χ2n) is 4.98. The molecule has 0 bridgehead atoms. The van der Waals surface area contributed by atoms with Gasteiger partial charge in [-0.3, -0.25) is 0 Å². The molecule has 0 saturated carbocycles. The van der Waals surface area contributed by atoms with Gasteiger partial charge in [0.15, 0.2) is 23.0 Å². The lowest BCUT2D eigenvalue weighted by molar-refractivity contribution is 0.173. The fraction of sp³-hybridized carbons (Fsp3) is 0.250. The molecule has 2 aromatic carbocycles. The molecule has 4 rings (SSSR count). The zero-order chi connectivity index (χ0) is 14.9. The van der Waals surface area contributed by atoms with Gasteiger partial charge in [-0.1, -0.05) is 22.0 Å². The Bertz CT molecular complexity index is 720. The number of thioether (sulfide) groups is 1. The van der Waals surface area contributed by atoms with Crippen molar-refractivity contribution in [1.29, 1.82) is 0 Å². The summed E-state index contributed by atoms with van der Waals surface area (Å²) in [5, 5.41) is 0. The molecule has 0 aromatic heterocycles. The van der Waals surface area contributed by atoms with Crippen LogP contribution in [0, 0.1) is 0 Å². The molecule has 114 valence electrons. The van der Waals surface area contributed by atoms with Gasteiger partial charge < -0.3 is 18.9 Å². The van der Waals surface area contributed by atoms with Crippen molar-refractivity contribution in [1.82, 2.24) is 0 Å². The van der Waals surface area contributed by atoms with Gasteiger partial charge in [0.05, 0.1) is 0 Å². The van der Waals surface area contributed by atoms with E-state index in [0.29, 0.717) is 13.6 Å². The summed E-state index contributed by atoms with van der Waals surface area (Å²) in [4.78, 5) is 0. The van der Waals surface area contributed by atoms with Gasteiger partial charge in [0.25, 0.3) is 0 Å². The summed E-state index contributed by atoms with van der Waals surface area (Å²) in [6.07, 6.45) is 0. The molecule has 0 spiro atoms. The molecular weight excluding hydrogens is 368 g/mol. The minimum atomic E-state index is 0.301. The van der Waals surface area contributed by atoms with Crippen LogP contribution in [0.15, 0.2) is 34.8 Å². The van der Waals surface area contributed by atoms with Crippen molar-refractivity contribution < 1.29 is 18.9 Å². The van der Waals surface area contributed by atoms with Crippen LogP contribution in [0.4, 0.5) is 0 Å². The highest BCUT2D eigenvalue weighted by Crippen LogP contribution is 2.39. The van der Waals surface area contributed by atoms with Gasteiger partial charge in [0.2, 0.25) is 13.6 Å². The summed E-state index contributed by atoms with van der Waals surface area (Å²) in [7, 11) is 0. The highest BCUT2D eigenvalue weighted by molar-refractivity contribution is 9.10. The van der Waals surface area contributed by atoms with E-state index in [2.05, 4.69) is 22.0 Å². The summed E-state index contributed by atoms with van der Waals surface area (Å²) in [5.41, 5.74) is 2.43. The minimum absolute atomic E-state index is 0.301. The van der Waals surface area contributed by atoms with Gasteiger partial charge in [-0.25, -0.2) is 0 Å². The lowest BCUT2D eigenvalue weighted by Gasteiger charge is -2.07. The molecule has 22 heavy (non-hydrogen) atoms. The van der Waals surface area contributed by atoms with E-state index in [0.717, 1.165) is 39.0 Å². The van der Waals surface area contributed by atoms with Crippen LogP contribution in [0.5, 0.6) is 23.0 Å². The molecule has 2 heterocycles. The van der Waals surface area contributed by atoms with E-state index in [-0.39, 0.29) is 0 Å². The first-order valence-corrected chi connectivity index (χ1v) is 8.79. The van der Waals surface area contributed by atoms with E-state index in [1.807, 2.05) is 36.0 Å². The lowest BCUT2D eigenvalue weighted by Crippen LogP contribution is -1.93. The third-order valence-electron chi connectivity index (χ3n) is 3.50. The fourth-order valence-corrected chi connectivity index (χ4v) is 4.00. The SMILES string of the molecule is Brc1cc2c(cc1CSCc1ccc3c(c1)OCO3)OCO2. The van der Waals surface area contributed by atoms with Crippen LogP contribution in [0.3, 0.4) is 0 Å². The van der Waals surface area contributed by atoms with Crippen LogP contribution in [0.2, 0.25) is 0 Å². The molecule has 0 aliphatic carbocycles. The number of halogens is 1. The molecular formula is C16H13BrO4S. The second-order valence-corrected chi connectivity index (χ2v) is 6.82. The van der Waals surface area contributed by atoms with Crippen molar-refractivity contribution >= 4 is 27.7 Å². The van der Waals surface area contributed by atoms with Gasteiger partial charge in [-0.05, 0) is 35.4 Å². The molecule has 2 aliphatic rings. The Morgan fingerprint density at radius 3 is 2.32 bits per heavy atom. The maximum absolute atomic E-state index is 5.43. The fourth-order valence-electron chi connectivity index (χ4n) is 2.38. The molecule has 2 aliphatic heterocycles. The van der Waals surface area contributed by atoms with Crippen molar-refractivity contribution in [3.63, 3.8) is 0 Å². The molecule has 0 fully saturated rings. The van der Waals surface area contributed by atoms with Crippen LogP contribution in [-0.2, 0) is 11.5 Å². The van der Waals surface area contributed by atoms with Crippen LogP contribution >= 0.6 is 27.7 Å². The number of hydrogen-bond acceptors (Lipinski definition) is 5. The van der Waals surface area contributed by atoms with Crippen molar-refractivity contribution in [3.8, 4) is 23.0 Å². The Balaban J connectivity index is 1.41. The van der Waals surface area contributed by atoms with Gasteiger partial charge in [-0.15, -0.1) is 0 Å². The zero-order valence-electron chi connectivity index (χ0n) is 11.6. The van der Waals surface area contributed by atoms with Crippen molar-refractivity contribution in [2.45, 2.75) is 11.5 Å². The molecule has 4 nitrogen and oxygen atoms in total. The maximum Gasteiger partial charge on any atom is 0.231 e. The molecule has 0 radical (unpaired) electrons. The topological polar surface area (TPSA) is 36.9 Å². The Morgan fingerprint density at radius 2 is 1.50 bits per heavy atom. The van der Waals surface area contributed by atoms with E-state index in [9.17, 15) is 0 Å². The van der Waals surface area contributed by atoms with E-state index < -0.39 is 0 Å². The van der Waals surface area contributed by atoms with Crippen LogP contribution in [0.1, 0.15) is 11.1 Å². The number of rotatable bonds is 4. The molecule has 0 N–H and O–H groups in total. The Morgan fingerprint density at radius 1 is 0.818 bits per heavy atom. The zero-order valence-corrected chi connectivity index (χ0v) is 14.0. The average molecular weight is 381 g/mol. The molecule has 6 heteroatoms. The number of ether oxygens (including phenoxy) is 4. The van der Waals surface area contributed by atoms with E-state index >= 15 is 0 Å². The van der Waals surface area contributed by atoms with Gasteiger partial charge in [0.1, 0.15) is 0 Å². The predicted molar refractivity (Wildman–Crippen MR) is 87.8 cm³/mol. The third-order valence-corrected chi connectivity index (χ3v) is 5.30. The summed E-state index contributed by atoms with van der Waals surface area (Å²) in [6, 6.07) is 10.1. The van der Waals surface area contributed by atoms with Crippen molar-refractivity contribution in [2.75, 3.05) is 13.6 Å². The summed E-state index contributed by atoms with van der Waals surface area (Å²) in [5.74, 6) is 5.09. The first-order valence-electron chi connectivity index (χ1n) is 6.84. The average Bonchev–Trinajstić information content (AvgIpc) is 3.15. The Hall–Kier alpha value is -1.53. The second kappa shape index (κ2) is 5.93. The first kappa shape index (κ1) is 14.1. The summed E-state index contributed by atoms with van der Waals surface area (Å²) in [6.45, 7) is 0.617. The quantitative estimate of drug-likeness (QED) is 0.788. The molecule has 0 saturated heterocycles. The monoisotopic (exact) mass is 380 g/mol.